The molecular weight excluding hydrogens is 370 g/mol. The summed E-state index contributed by atoms with van der Waals surface area (Å²) >= 11 is 0. The molecule has 30 heavy (non-hydrogen) atoms. The predicted octanol–water partition coefficient (Wildman–Crippen LogP) is 5.15. The van der Waals surface area contributed by atoms with Crippen molar-refractivity contribution in [1.82, 2.24) is 5.01 Å². The Kier molecular flexibility index (Phi) is 7.04. The van der Waals surface area contributed by atoms with Gasteiger partial charge in [0.25, 0.3) is 0 Å². The lowest BCUT2D eigenvalue weighted by Gasteiger charge is -2.57. The summed E-state index contributed by atoms with van der Waals surface area (Å²) in [5, 5.41) is 1.79. The van der Waals surface area contributed by atoms with Gasteiger partial charge >= 0.3 is 0 Å². The molecule has 0 bridgehead atoms. The fraction of sp³-hybridized carbons (Fsp3) is 0.923. The Morgan fingerprint density at radius 2 is 1.87 bits per heavy atom. The Morgan fingerprint density at radius 3 is 2.63 bits per heavy atom. The molecule has 0 aromatic heterocycles. The molecule has 0 radical (unpaired) electrons. The first-order valence-corrected chi connectivity index (χ1v) is 12.9. The van der Waals surface area contributed by atoms with Crippen LogP contribution in [0, 0.1) is 52.8 Å². The van der Waals surface area contributed by atoms with Gasteiger partial charge in [0.1, 0.15) is 0 Å². The zero-order valence-electron chi connectivity index (χ0n) is 19.8. The van der Waals surface area contributed by atoms with Crippen LogP contribution < -0.4 is 11.6 Å². The van der Waals surface area contributed by atoms with Crippen LogP contribution >= 0.6 is 0 Å². The van der Waals surface area contributed by atoms with E-state index in [1.807, 2.05) is 6.20 Å². The van der Waals surface area contributed by atoms with Crippen molar-refractivity contribution in [3.8, 4) is 0 Å². The van der Waals surface area contributed by atoms with E-state index in [0.717, 1.165) is 61.2 Å². The molecule has 172 valence electrons. The van der Waals surface area contributed by atoms with Gasteiger partial charge in [0.2, 0.25) is 0 Å². The van der Waals surface area contributed by atoms with E-state index >= 15 is 0 Å². The van der Waals surface area contributed by atoms with Crippen molar-refractivity contribution in [2.45, 2.75) is 78.6 Å². The molecule has 4 nitrogen and oxygen atoms in total. The van der Waals surface area contributed by atoms with Gasteiger partial charge in [0, 0.05) is 32.2 Å². The molecule has 4 fully saturated rings. The van der Waals surface area contributed by atoms with E-state index in [9.17, 15) is 0 Å². The number of hydrogen-bond acceptors (Lipinski definition) is 4. The van der Waals surface area contributed by atoms with E-state index in [4.69, 9.17) is 16.3 Å². The molecule has 0 saturated heterocycles. The highest BCUT2D eigenvalue weighted by Crippen LogP contribution is 2.65. The molecule has 8 unspecified atom stereocenters. The maximum Gasteiger partial charge on any atom is 0.0494 e. The largest absolute Gasteiger partial charge is 0.403 e. The Morgan fingerprint density at radius 1 is 1.07 bits per heavy atom. The van der Waals surface area contributed by atoms with Gasteiger partial charge in [-0.05, 0) is 117 Å². The van der Waals surface area contributed by atoms with Gasteiger partial charge < -0.3 is 15.5 Å². The molecule has 0 spiro atoms. The predicted molar refractivity (Wildman–Crippen MR) is 124 cm³/mol. The minimum Gasteiger partial charge on any atom is -0.403 e. The summed E-state index contributed by atoms with van der Waals surface area (Å²) in [4.78, 5) is 0. The molecule has 4 aliphatic carbocycles. The number of ether oxygens (including phenoxy) is 1. The van der Waals surface area contributed by atoms with Gasteiger partial charge in [-0.15, -0.1) is 0 Å². The molecule has 0 aromatic carbocycles. The van der Waals surface area contributed by atoms with Crippen LogP contribution in [0.15, 0.2) is 12.4 Å². The third kappa shape index (κ3) is 4.16. The van der Waals surface area contributed by atoms with E-state index in [0.29, 0.717) is 11.3 Å². The fourth-order valence-corrected chi connectivity index (χ4v) is 8.99. The molecule has 4 rings (SSSR count). The number of hydrazine groups is 1. The van der Waals surface area contributed by atoms with Crippen LogP contribution in [0.5, 0.6) is 0 Å². The Hall–Kier alpha value is -0.740. The van der Waals surface area contributed by atoms with Gasteiger partial charge in [0.15, 0.2) is 0 Å². The first kappa shape index (κ1) is 22.5. The van der Waals surface area contributed by atoms with Crippen LogP contribution in [0.1, 0.15) is 78.6 Å². The summed E-state index contributed by atoms with van der Waals surface area (Å²) < 4.78 is 5.78. The topological polar surface area (TPSA) is 64.5 Å². The average Bonchev–Trinajstić information content (AvgIpc) is 3.09. The monoisotopic (exact) mass is 417 g/mol. The highest BCUT2D eigenvalue weighted by molar-refractivity contribution is 5.07. The quantitative estimate of drug-likeness (QED) is 0.444. The first-order chi connectivity index (χ1) is 14.5. The van der Waals surface area contributed by atoms with Gasteiger partial charge in [0.05, 0.1) is 0 Å². The summed E-state index contributed by atoms with van der Waals surface area (Å²) in [6.07, 6.45) is 16.4. The van der Waals surface area contributed by atoms with Crippen LogP contribution in [0.2, 0.25) is 0 Å². The average molecular weight is 418 g/mol. The third-order valence-electron chi connectivity index (χ3n) is 10.2. The molecule has 4 aliphatic rings. The molecule has 0 heterocycles. The molecule has 0 aromatic rings. The Bertz CT molecular complexity index is 595. The van der Waals surface area contributed by atoms with E-state index in [-0.39, 0.29) is 0 Å². The zero-order chi connectivity index (χ0) is 21.3. The Labute approximate surface area is 185 Å². The second-order valence-electron chi connectivity index (χ2n) is 11.5. The van der Waals surface area contributed by atoms with Crippen molar-refractivity contribution in [2.75, 3.05) is 19.8 Å². The highest BCUT2D eigenvalue weighted by Gasteiger charge is 2.57. The van der Waals surface area contributed by atoms with Crippen molar-refractivity contribution in [3.63, 3.8) is 0 Å². The minimum atomic E-state index is 0.521. The zero-order valence-corrected chi connectivity index (χ0v) is 19.8. The van der Waals surface area contributed by atoms with Gasteiger partial charge in [-0.2, -0.15) is 0 Å². The molecule has 4 heteroatoms. The van der Waals surface area contributed by atoms with E-state index < -0.39 is 0 Å². The standard InChI is InChI=1S/C26H47N3O/c1-4-30-17-19-5-7-21-20(15-19)6-8-23-22(21)11-12-26(3)24(9-10-25(23)26)18(2)16-29(28)14-13-27/h13-14,18-25H,4-12,15-17,27-28H2,1-3H3/b14-13-/t18-,19?,20?,21?,22?,23?,24?,25?,26?/m1/s1. The van der Waals surface area contributed by atoms with Crippen LogP contribution in [-0.4, -0.2) is 24.8 Å². The SMILES string of the molecule is CCOCC1CCC2C(CCC3C2CCC2(C)C3CCC2[C@H](C)CN(N)/C=C\N)C1. The highest BCUT2D eigenvalue weighted by atomic mass is 16.5. The lowest BCUT2D eigenvalue weighted by atomic mass is 9.49. The first-order valence-electron chi connectivity index (χ1n) is 12.9. The van der Waals surface area contributed by atoms with E-state index in [2.05, 4.69) is 20.8 Å². The summed E-state index contributed by atoms with van der Waals surface area (Å²) in [5.74, 6) is 13.3. The molecule has 0 amide bonds. The molecule has 0 aliphatic heterocycles. The van der Waals surface area contributed by atoms with E-state index in [1.165, 1.54) is 57.8 Å². The summed E-state index contributed by atoms with van der Waals surface area (Å²) in [6, 6.07) is 0. The number of nitrogens with two attached hydrogens (primary N) is 2. The number of fused-ring (bicyclic) bond motifs is 5. The minimum absolute atomic E-state index is 0.521. The molecule has 4 saturated carbocycles. The van der Waals surface area contributed by atoms with Crippen molar-refractivity contribution >= 4 is 0 Å². The van der Waals surface area contributed by atoms with Crippen LogP contribution in [0.25, 0.3) is 0 Å². The lowest BCUT2D eigenvalue weighted by molar-refractivity contribution is -0.0786. The fourth-order valence-electron chi connectivity index (χ4n) is 8.99. The van der Waals surface area contributed by atoms with Gasteiger partial charge in [-0.3, -0.25) is 0 Å². The molecule has 9 atom stereocenters. The normalized spacial score (nSPS) is 44.3. The summed E-state index contributed by atoms with van der Waals surface area (Å²) in [7, 11) is 0. The summed E-state index contributed by atoms with van der Waals surface area (Å²) in [5.41, 5.74) is 6.06. The molecular formula is C26H47N3O. The maximum absolute atomic E-state index is 6.14. The summed E-state index contributed by atoms with van der Waals surface area (Å²) in [6.45, 7) is 10.00. The van der Waals surface area contributed by atoms with Crippen LogP contribution in [-0.2, 0) is 4.74 Å². The molecule has 4 N–H and O–H groups in total. The van der Waals surface area contributed by atoms with Crippen molar-refractivity contribution < 1.29 is 4.74 Å². The van der Waals surface area contributed by atoms with Crippen LogP contribution in [0.4, 0.5) is 0 Å². The van der Waals surface area contributed by atoms with Gasteiger partial charge in [-0.25, -0.2) is 5.84 Å². The van der Waals surface area contributed by atoms with Crippen molar-refractivity contribution in [2.24, 2.45) is 64.3 Å². The van der Waals surface area contributed by atoms with Gasteiger partial charge in [-0.1, -0.05) is 13.8 Å². The Balaban J connectivity index is 1.40. The smallest absolute Gasteiger partial charge is 0.0494 e. The lowest BCUT2D eigenvalue weighted by Crippen LogP contribution is -2.50. The van der Waals surface area contributed by atoms with Crippen molar-refractivity contribution in [1.29, 1.82) is 0 Å². The number of nitrogens with zero attached hydrogens (tertiary/aromatic N) is 1. The maximum atomic E-state index is 6.14. The van der Waals surface area contributed by atoms with Crippen molar-refractivity contribution in [3.05, 3.63) is 12.4 Å². The van der Waals surface area contributed by atoms with Crippen LogP contribution in [0.3, 0.4) is 0 Å². The van der Waals surface area contributed by atoms with E-state index in [1.54, 1.807) is 11.2 Å². The second-order valence-corrected chi connectivity index (χ2v) is 11.5. The third-order valence-corrected chi connectivity index (χ3v) is 10.2. The number of rotatable bonds is 7. The number of hydrogen-bond donors (Lipinski definition) is 2. The second kappa shape index (κ2) is 9.40.